The van der Waals surface area contributed by atoms with Gasteiger partial charge in [-0.3, -0.25) is 4.79 Å². The van der Waals surface area contributed by atoms with E-state index in [0.29, 0.717) is 23.0 Å². The Morgan fingerprint density at radius 2 is 2.00 bits per heavy atom. The lowest BCUT2D eigenvalue weighted by molar-refractivity contribution is -0.116. The Bertz CT molecular complexity index is 628. The monoisotopic (exact) mass is 335 g/mol. The van der Waals surface area contributed by atoms with Gasteiger partial charge >= 0.3 is 0 Å². The van der Waals surface area contributed by atoms with E-state index in [1.165, 1.54) is 17.2 Å². The summed E-state index contributed by atoms with van der Waals surface area (Å²) in [6.45, 7) is 2.03. The first-order chi connectivity index (χ1) is 9.56. The summed E-state index contributed by atoms with van der Waals surface area (Å²) >= 11 is 3.09. The maximum Gasteiger partial charge on any atom is 0.224 e. The molecule has 0 aliphatic rings. The normalized spacial score (nSPS) is 10.3. The second-order valence-electron chi connectivity index (χ2n) is 4.60. The van der Waals surface area contributed by atoms with Gasteiger partial charge in [-0.2, -0.15) is 0 Å². The first-order valence-electron chi connectivity index (χ1n) is 6.35. The molecule has 0 saturated carbocycles. The molecule has 0 fully saturated rings. The molecule has 2 aromatic rings. The van der Waals surface area contributed by atoms with Crippen LogP contribution in [-0.4, -0.2) is 5.91 Å². The van der Waals surface area contributed by atoms with Crippen LogP contribution >= 0.6 is 15.9 Å². The third-order valence-electron chi connectivity index (χ3n) is 3.09. The Hall–Kier alpha value is -1.68. The highest BCUT2D eigenvalue weighted by molar-refractivity contribution is 9.10. The van der Waals surface area contributed by atoms with E-state index < -0.39 is 0 Å². The van der Waals surface area contributed by atoms with Crippen molar-refractivity contribution >= 4 is 27.5 Å². The van der Waals surface area contributed by atoms with Gasteiger partial charge in [0.2, 0.25) is 5.91 Å². The van der Waals surface area contributed by atoms with Crippen LogP contribution in [0, 0.1) is 12.7 Å². The number of carbonyl (C=O) groups excluding carboxylic acids is 1. The maximum absolute atomic E-state index is 13.1. The Labute approximate surface area is 126 Å². The molecule has 0 bridgehead atoms. The first-order valence-corrected chi connectivity index (χ1v) is 7.15. The van der Waals surface area contributed by atoms with E-state index in [0.717, 1.165) is 0 Å². The minimum absolute atomic E-state index is 0.0771. The van der Waals surface area contributed by atoms with Crippen LogP contribution in [0.4, 0.5) is 10.1 Å². The van der Waals surface area contributed by atoms with Crippen molar-refractivity contribution in [2.75, 3.05) is 5.32 Å². The summed E-state index contributed by atoms with van der Waals surface area (Å²) in [6.07, 6.45) is 1.10. The molecule has 0 aliphatic carbocycles. The zero-order valence-electron chi connectivity index (χ0n) is 11.1. The second kappa shape index (κ2) is 6.66. The molecule has 0 atom stereocenters. The Balaban J connectivity index is 1.93. The minimum Gasteiger partial charge on any atom is -0.326 e. The van der Waals surface area contributed by atoms with Crippen LogP contribution in [0.5, 0.6) is 0 Å². The highest BCUT2D eigenvalue weighted by atomic mass is 79.9. The van der Waals surface area contributed by atoms with Crippen LogP contribution in [0.2, 0.25) is 0 Å². The molecule has 1 N–H and O–H groups in total. The molecule has 0 unspecified atom stereocenters. The van der Waals surface area contributed by atoms with Gasteiger partial charge in [0, 0.05) is 12.1 Å². The fourth-order valence-corrected chi connectivity index (χ4v) is 2.31. The molecule has 0 aliphatic heterocycles. The lowest BCUT2D eigenvalue weighted by Crippen LogP contribution is -2.12. The van der Waals surface area contributed by atoms with Crippen LogP contribution in [0.15, 0.2) is 46.9 Å². The lowest BCUT2D eigenvalue weighted by Gasteiger charge is -2.07. The van der Waals surface area contributed by atoms with Crippen LogP contribution in [0.25, 0.3) is 0 Å². The molecular formula is C16H15BrFNO. The molecule has 0 radical (unpaired) electrons. The van der Waals surface area contributed by atoms with Crippen molar-refractivity contribution in [1.82, 2.24) is 0 Å². The van der Waals surface area contributed by atoms with Gasteiger partial charge in [-0.15, -0.1) is 0 Å². The Kier molecular flexibility index (Phi) is 4.90. The molecule has 2 rings (SSSR count). The number of rotatable bonds is 4. The van der Waals surface area contributed by atoms with E-state index >= 15 is 0 Å². The number of nitrogens with one attached hydrogen (secondary N) is 1. The number of carbonyl (C=O) groups is 1. The highest BCUT2D eigenvalue weighted by Gasteiger charge is 2.06. The second-order valence-corrected chi connectivity index (χ2v) is 5.46. The largest absolute Gasteiger partial charge is 0.326 e. The number of hydrogen-bond donors (Lipinski definition) is 1. The van der Waals surface area contributed by atoms with Crippen molar-refractivity contribution in [3.63, 3.8) is 0 Å². The predicted octanol–water partition coefficient (Wildman–Crippen LogP) is 4.47. The predicted molar refractivity (Wildman–Crippen MR) is 82.2 cm³/mol. The SMILES string of the molecule is Cc1ccccc1CCC(=O)Nc1ccc(F)c(Br)c1. The third kappa shape index (κ3) is 3.90. The molecule has 0 saturated heterocycles. The standard InChI is InChI=1S/C16H15BrFNO/c1-11-4-2-3-5-12(11)6-9-16(20)19-13-7-8-15(18)14(17)10-13/h2-5,7-8,10H,6,9H2,1H3,(H,19,20). The molecule has 1 amide bonds. The highest BCUT2D eigenvalue weighted by Crippen LogP contribution is 2.20. The van der Waals surface area contributed by atoms with Gasteiger partial charge in [-0.1, -0.05) is 24.3 Å². The molecule has 0 aromatic heterocycles. The van der Waals surface area contributed by atoms with E-state index in [4.69, 9.17) is 0 Å². The maximum atomic E-state index is 13.1. The summed E-state index contributed by atoms with van der Waals surface area (Å²) < 4.78 is 13.4. The molecular weight excluding hydrogens is 321 g/mol. The minimum atomic E-state index is -0.345. The van der Waals surface area contributed by atoms with Crippen molar-refractivity contribution in [2.24, 2.45) is 0 Å². The fraction of sp³-hybridized carbons (Fsp3) is 0.188. The van der Waals surface area contributed by atoms with Crippen molar-refractivity contribution < 1.29 is 9.18 Å². The number of benzene rings is 2. The topological polar surface area (TPSA) is 29.1 Å². The quantitative estimate of drug-likeness (QED) is 0.877. The van der Waals surface area contributed by atoms with Crippen molar-refractivity contribution in [3.05, 3.63) is 63.9 Å². The van der Waals surface area contributed by atoms with E-state index in [-0.39, 0.29) is 11.7 Å². The van der Waals surface area contributed by atoms with E-state index in [2.05, 4.69) is 21.2 Å². The smallest absolute Gasteiger partial charge is 0.224 e. The van der Waals surface area contributed by atoms with Crippen LogP contribution < -0.4 is 5.32 Å². The first kappa shape index (κ1) is 14.7. The Morgan fingerprint density at radius 1 is 1.25 bits per heavy atom. The number of anilines is 1. The van der Waals surface area contributed by atoms with Gasteiger partial charge in [0.05, 0.1) is 4.47 Å². The average molecular weight is 336 g/mol. The van der Waals surface area contributed by atoms with E-state index in [1.54, 1.807) is 12.1 Å². The zero-order chi connectivity index (χ0) is 14.5. The lowest BCUT2D eigenvalue weighted by atomic mass is 10.0. The van der Waals surface area contributed by atoms with Crippen LogP contribution in [0.3, 0.4) is 0 Å². The van der Waals surface area contributed by atoms with Gasteiger partial charge in [-0.25, -0.2) is 4.39 Å². The summed E-state index contributed by atoms with van der Waals surface area (Å²) in [7, 11) is 0. The molecule has 0 spiro atoms. The summed E-state index contributed by atoms with van der Waals surface area (Å²) in [4.78, 5) is 11.9. The van der Waals surface area contributed by atoms with E-state index in [9.17, 15) is 9.18 Å². The van der Waals surface area contributed by atoms with Crippen molar-refractivity contribution in [2.45, 2.75) is 19.8 Å². The number of hydrogen-bond acceptors (Lipinski definition) is 1. The molecule has 0 heterocycles. The fourth-order valence-electron chi connectivity index (χ4n) is 1.94. The summed E-state index contributed by atoms with van der Waals surface area (Å²) in [6, 6.07) is 12.4. The molecule has 2 nitrogen and oxygen atoms in total. The van der Waals surface area contributed by atoms with Crippen molar-refractivity contribution in [1.29, 1.82) is 0 Å². The number of amides is 1. The third-order valence-corrected chi connectivity index (χ3v) is 3.69. The van der Waals surface area contributed by atoms with Gasteiger partial charge in [-0.05, 0) is 58.6 Å². The van der Waals surface area contributed by atoms with Crippen LogP contribution in [-0.2, 0) is 11.2 Å². The summed E-state index contributed by atoms with van der Waals surface area (Å²) in [5.74, 6) is -0.422. The molecule has 4 heteroatoms. The van der Waals surface area contributed by atoms with Gasteiger partial charge in [0.15, 0.2) is 0 Å². The van der Waals surface area contributed by atoms with Gasteiger partial charge in [0.1, 0.15) is 5.82 Å². The number of halogens is 2. The van der Waals surface area contributed by atoms with Gasteiger partial charge in [0.25, 0.3) is 0 Å². The van der Waals surface area contributed by atoms with E-state index in [1.807, 2.05) is 31.2 Å². The zero-order valence-corrected chi connectivity index (χ0v) is 12.7. The molecule has 104 valence electrons. The van der Waals surface area contributed by atoms with Crippen molar-refractivity contribution in [3.8, 4) is 0 Å². The van der Waals surface area contributed by atoms with Gasteiger partial charge < -0.3 is 5.32 Å². The number of aryl methyl sites for hydroxylation is 2. The molecule has 20 heavy (non-hydrogen) atoms. The Morgan fingerprint density at radius 3 is 2.70 bits per heavy atom. The molecule has 2 aromatic carbocycles. The van der Waals surface area contributed by atoms with Crippen LogP contribution in [0.1, 0.15) is 17.5 Å². The summed E-state index contributed by atoms with van der Waals surface area (Å²) in [5, 5.41) is 2.76. The average Bonchev–Trinajstić information content (AvgIpc) is 2.42. The summed E-state index contributed by atoms with van der Waals surface area (Å²) in [5.41, 5.74) is 2.95.